The summed E-state index contributed by atoms with van der Waals surface area (Å²) < 4.78 is 23.7. The molecule has 26 heavy (non-hydrogen) atoms. The molecule has 3 heterocycles. The van der Waals surface area contributed by atoms with E-state index in [2.05, 4.69) is 19.9 Å². The molecule has 136 valence electrons. The van der Waals surface area contributed by atoms with Crippen LogP contribution in [0, 0.1) is 5.82 Å². The maximum atomic E-state index is 13.3. The number of benzene rings is 1. The van der Waals surface area contributed by atoms with Crippen molar-refractivity contribution in [2.24, 2.45) is 0 Å². The predicted molar refractivity (Wildman–Crippen MR) is 95.3 cm³/mol. The van der Waals surface area contributed by atoms with Gasteiger partial charge in [-0.25, -0.2) is 9.37 Å². The third-order valence-electron chi connectivity index (χ3n) is 4.76. The molecule has 0 aliphatic carbocycles. The van der Waals surface area contributed by atoms with E-state index in [0.717, 1.165) is 50.3 Å². The molecule has 3 aromatic rings. The van der Waals surface area contributed by atoms with Gasteiger partial charge in [0.1, 0.15) is 11.5 Å². The van der Waals surface area contributed by atoms with Gasteiger partial charge in [0.25, 0.3) is 0 Å². The molecule has 0 radical (unpaired) electrons. The lowest BCUT2D eigenvalue weighted by Gasteiger charge is -2.34. The van der Waals surface area contributed by atoms with Crippen molar-refractivity contribution < 1.29 is 13.7 Å². The first kappa shape index (κ1) is 16.9. The normalized spacial score (nSPS) is 16.2. The molecule has 0 amide bonds. The molecular formula is C19H21FN4O2. The van der Waals surface area contributed by atoms with Crippen molar-refractivity contribution in [3.63, 3.8) is 0 Å². The first-order valence-electron chi connectivity index (χ1n) is 8.69. The molecule has 1 saturated heterocycles. The Labute approximate surface area is 151 Å². The van der Waals surface area contributed by atoms with E-state index in [0.29, 0.717) is 11.5 Å². The number of pyridine rings is 1. The quantitative estimate of drug-likeness (QED) is 0.701. The topological polar surface area (TPSA) is 54.6 Å². The number of nitrogens with zero attached hydrogens (tertiary/aromatic N) is 4. The van der Waals surface area contributed by atoms with Crippen molar-refractivity contribution in [2.75, 3.05) is 33.3 Å². The second kappa shape index (κ2) is 7.39. The summed E-state index contributed by atoms with van der Waals surface area (Å²) in [6, 6.07) is 8.57. The summed E-state index contributed by atoms with van der Waals surface area (Å²) in [6.45, 7) is 5.48. The van der Waals surface area contributed by atoms with Crippen LogP contribution in [-0.4, -0.2) is 53.2 Å². The van der Waals surface area contributed by atoms with E-state index in [-0.39, 0.29) is 5.82 Å². The maximum absolute atomic E-state index is 13.3. The highest BCUT2D eigenvalue weighted by molar-refractivity contribution is 5.79. The molecular weight excluding hydrogens is 335 g/mol. The SMILES string of the molecule is COc1cc(CN2CCN(Cc3noc4cc(F)ccc34)CC2)ccn1. The molecule has 0 atom stereocenters. The molecule has 0 bridgehead atoms. The van der Waals surface area contributed by atoms with Gasteiger partial charge in [-0.15, -0.1) is 0 Å². The third kappa shape index (κ3) is 3.68. The van der Waals surface area contributed by atoms with E-state index in [1.54, 1.807) is 19.4 Å². The lowest BCUT2D eigenvalue weighted by Crippen LogP contribution is -2.45. The Morgan fingerprint density at radius 3 is 2.62 bits per heavy atom. The average Bonchev–Trinajstić information content (AvgIpc) is 3.05. The van der Waals surface area contributed by atoms with E-state index < -0.39 is 0 Å². The van der Waals surface area contributed by atoms with Crippen molar-refractivity contribution in [3.05, 3.63) is 53.6 Å². The van der Waals surface area contributed by atoms with Crippen LogP contribution in [0.2, 0.25) is 0 Å². The zero-order valence-corrected chi connectivity index (χ0v) is 14.7. The van der Waals surface area contributed by atoms with Crippen LogP contribution in [0.3, 0.4) is 0 Å². The van der Waals surface area contributed by atoms with Gasteiger partial charge in [0, 0.05) is 63.0 Å². The van der Waals surface area contributed by atoms with Gasteiger partial charge in [-0.05, 0) is 23.8 Å². The van der Waals surface area contributed by atoms with Crippen LogP contribution in [0.1, 0.15) is 11.3 Å². The summed E-state index contributed by atoms with van der Waals surface area (Å²) in [6.07, 6.45) is 1.78. The fourth-order valence-corrected chi connectivity index (χ4v) is 3.31. The summed E-state index contributed by atoms with van der Waals surface area (Å²) >= 11 is 0. The van der Waals surface area contributed by atoms with Crippen molar-refractivity contribution in [3.8, 4) is 5.88 Å². The summed E-state index contributed by atoms with van der Waals surface area (Å²) in [5.74, 6) is 0.344. The first-order chi connectivity index (χ1) is 12.7. The molecule has 4 rings (SSSR count). The predicted octanol–water partition coefficient (Wildman–Crippen LogP) is 2.69. The van der Waals surface area contributed by atoms with Crippen molar-refractivity contribution in [1.29, 1.82) is 0 Å². The second-order valence-electron chi connectivity index (χ2n) is 6.53. The van der Waals surface area contributed by atoms with Gasteiger partial charge in [0.2, 0.25) is 5.88 Å². The van der Waals surface area contributed by atoms with Gasteiger partial charge in [-0.1, -0.05) is 5.16 Å². The third-order valence-corrected chi connectivity index (χ3v) is 4.76. The van der Waals surface area contributed by atoms with Gasteiger partial charge in [0.05, 0.1) is 7.11 Å². The highest BCUT2D eigenvalue weighted by Crippen LogP contribution is 2.21. The number of rotatable bonds is 5. The molecule has 1 aliphatic heterocycles. The number of piperazine rings is 1. The van der Waals surface area contributed by atoms with Crippen LogP contribution in [0.4, 0.5) is 4.39 Å². The highest BCUT2D eigenvalue weighted by Gasteiger charge is 2.19. The van der Waals surface area contributed by atoms with E-state index in [4.69, 9.17) is 9.26 Å². The van der Waals surface area contributed by atoms with Crippen LogP contribution >= 0.6 is 0 Å². The number of fused-ring (bicyclic) bond motifs is 1. The molecule has 1 fully saturated rings. The monoisotopic (exact) mass is 356 g/mol. The highest BCUT2D eigenvalue weighted by atomic mass is 19.1. The van der Waals surface area contributed by atoms with Crippen LogP contribution in [0.15, 0.2) is 41.1 Å². The summed E-state index contributed by atoms with van der Waals surface area (Å²) in [5.41, 5.74) is 2.58. The molecule has 0 N–H and O–H groups in total. The molecule has 0 unspecified atom stereocenters. The Bertz CT molecular complexity index is 890. The zero-order chi connectivity index (χ0) is 17.9. The van der Waals surface area contributed by atoms with Crippen LogP contribution in [-0.2, 0) is 13.1 Å². The number of halogens is 1. The van der Waals surface area contributed by atoms with Crippen LogP contribution in [0.5, 0.6) is 5.88 Å². The summed E-state index contributed by atoms with van der Waals surface area (Å²) in [7, 11) is 1.63. The number of hydrogen-bond donors (Lipinski definition) is 0. The van der Waals surface area contributed by atoms with Gasteiger partial charge in [-0.2, -0.15) is 0 Å². The second-order valence-corrected chi connectivity index (χ2v) is 6.53. The summed E-state index contributed by atoms with van der Waals surface area (Å²) in [4.78, 5) is 8.92. The van der Waals surface area contributed by atoms with Gasteiger partial charge >= 0.3 is 0 Å². The maximum Gasteiger partial charge on any atom is 0.213 e. The van der Waals surface area contributed by atoms with E-state index in [1.165, 1.54) is 17.7 Å². The number of aromatic nitrogens is 2. The number of methoxy groups -OCH3 is 1. The lowest BCUT2D eigenvalue weighted by atomic mass is 10.2. The Kier molecular flexibility index (Phi) is 4.81. The molecule has 7 heteroatoms. The number of hydrogen-bond acceptors (Lipinski definition) is 6. The minimum Gasteiger partial charge on any atom is -0.481 e. The van der Waals surface area contributed by atoms with Crippen molar-refractivity contribution in [2.45, 2.75) is 13.1 Å². The molecule has 1 aliphatic rings. The molecule has 0 saturated carbocycles. The first-order valence-corrected chi connectivity index (χ1v) is 8.69. The fourth-order valence-electron chi connectivity index (χ4n) is 3.31. The largest absolute Gasteiger partial charge is 0.481 e. The van der Waals surface area contributed by atoms with E-state index >= 15 is 0 Å². The van der Waals surface area contributed by atoms with Crippen LogP contribution < -0.4 is 4.74 Å². The van der Waals surface area contributed by atoms with Gasteiger partial charge < -0.3 is 9.26 Å². The molecule has 6 nitrogen and oxygen atoms in total. The Morgan fingerprint density at radius 2 is 1.85 bits per heavy atom. The van der Waals surface area contributed by atoms with E-state index in [1.807, 2.05) is 12.1 Å². The molecule has 0 spiro atoms. The lowest BCUT2D eigenvalue weighted by molar-refractivity contribution is 0.120. The summed E-state index contributed by atoms with van der Waals surface area (Å²) in [5, 5.41) is 5.01. The van der Waals surface area contributed by atoms with Gasteiger partial charge in [0.15, 0.2) is 5.58 Å². The Hall–Kier alpha value is -2.51. The fraction of sp³-hybridized carbons (Fsp3) is 0.368. The molecule has 2 aromatic heterocycles. The smallest absolute Gasteiger partial charge is 0.213 e. The standard InChI is InChI=1S/C19H21FN4O2/c1-25-19-10-14(4-5-21-19)12-23-6-8-24(9-7-23)13-17-16-3-2-15(20)11-18(16)26-22-17/h2-5,10-11H,6-9,12-13H2,1H3. The Balaban J connectivity index is 1.34. The Morgan fingerprint density at radius 1 is 1.08 bits per heavy atom. The van der Waals surface area contributed by atoms with Gasteiger partial charge in [-0.3, -0.25) is 9.80 Å². The minimum atomic E-state index is -0.304. The van der Waals surface area contributed by atoms with Crippen molar-refractivity contribution >= 4 is 11.0 Å². The molecule has 1 aromatic carbocycles. The number of ether oxygens (including phenoxy) is 1. The average molecular weight is 356 g/mol. The zero-order valence-electron chi connectivity index (χ0n) is 14.7. The van der Waals surface area contributed by atoms with Crippen molar-refractivity contribution in [1.82, 2.24) is 19.9 Å². The van der Waals surface area contributed by atoms with Crippen LogP contribution in [0.25, 0.3) is 11.0 Å². The van der Waals surface area contributed by atoms with E-state index in [9.17, 15) is 4.39 Å². The minimum absolute atomic E-state index is 0.304.